The maximum Gasteiger partial charge on any atom is 0.222 e. The van der Waals surface area contributed by atoms with Gasteiger partial charge in [0.1, 0.15) is 0 Å². The van der Waals surface area contributed by atoms with E-state index in [1.165, 1.54) is 0 Å². The Labute approximate surface area is 109 Å². The van der Waals surface area contributed by atoms with Crippen molar-refractivity contribution in [3.05, 3.63) is 23.2 Å². The van der Waals surface area contributed by atoms with Crippen molar-refractivity contribution in [2.45, 2.75) is 19.8 Å². The van der Waals surface area contributed by atoms with Gasteiger partial charge in [-0.25, -0.2) is 4.98 Å². The standard InChI is InChI=1S/C12H16N4OS/c1-2-3-4-8(7-17)14-11-10-9(5-6-18-10)15-12(13)16-11/h4-6,17H,2-3,7H2,1H3,(H3,13,14,15,16). The summed E-state index contributed by atoms with van der Waals surface area (Å²) in [6.45, 7) is 2.04. The van der Waals surface area contributed by atoms with E-state index >= 15 is 0 Å². The maximum atomic E-state index is 9.30. The van der Waals surface area contributed by atoms with Crippen molar-refractivity contribution >= 4 is 33.3 Å². The molecule has 2 rings (SSSR count). The first-order valence-electron chi connectivity index (χ1n) is 5.82. The highest BCUT2D eigenvalue weighted by atomic mass is 32.1. The number of aliphatic hydroxyl groups excluding tert-OH is 1. The number of nitrogens with one attached hydrogen (secondary N) is 1. The molecule has 0 saturated carbocycles. The first kappa shape index (κ1) is 12.8. The van der Waals surface area contributed by atoms with Gasteiger partial charge in [-0.3, -0.25) is 0 Å². The number of hydrogen-bond acceptors (Lipinski definition) is 6. The van der Waals surface area contributed by atoms with Crippen LogP contribution < -0.4 is 11.1 Å². The molecular weight excluding hydrogens is 248 g/mol. The van der Waals surface area contributed by atoms with Crippen LogP contribution in [0.3, 0.4) is 0 Å². The molecule has 0 aromatic carbocycles. The molecule has 0 amide bonds. The SMILES string of the molecule is CCCC=C(CO)Nc1nc(N)nc2ccsc12. The lowest BCUT2D eigenvalue weighted by atomic mass is 10.3. The number of rotatable bonds is 5. The van der Waals surface area contributed by atoms with E-state index in [1.807, 2.05) is 17.5 Å². The van der Waals surface area contributed by atoms with Crippen molar-refractivity contribution in [1.82, 2.24) is 9.97 Å². The second-order valence-corrected chi connectivity index (χ2v) is 4.78. The van der Waals surface area contributed by atoms with Crippen LogP contribution in [-0.2, 0) is 0 Å². The van der Waals surface area contributed by atoms with Crippen LogP contribution in [-0.4, -0.2) is 21.7 Å². The first-order chi connectivity index (χ1) is 8.74. The topological polar surface area (TPSA) is 84.1 Å². The van der Waals surface area contributed by atoms with Gasteiger partial charge in [0.15, 0.2) is 5.82 Å². The highest BCUT2D eigenvalue weighted by Gasteiger charge is 2.08. The van der Waals surface area contributed by atoms with Crippen molar-refractivity contribution in [1.29, 1.82) is 0 Å². The Kier molecular flexibility index (Phi) is 4.11. The molecule has 5 nitrogen and oxygen atoms in total. The average molecular weight is 264 g/mol. The summed E-state index contributed by atoms with van der Waals surface area (Å²) in [5.74, 6) is 0.889. The smallest absolute Gasteiger partial charge is 0.222 e. The van der Waals surface area contributed by atoms with Crippen LogP contribution in [0.15, 0.2) is 23.2 Å². The Bertz CT molecular complexity index is 564. The van der Waals surface area contributed by atoms with E-state index in [9.17, 15) is 5.11 Å². The quantitative estimate of drug-likeness (QED) is 0.772. The van der Waals surface area contributed by atoms with E-state index in [4.69, 9.17) is 5.73 Å². The van der Waals surface area contributed by atoms with E-state index in [0.29, 0.717) is 5.82 Å². The highest BCUT2D eigenvalue weighted by molar-refractivity contribution is 7.17. The molecule has 0 spiro atoms. The highest BCUT2D eigenvalue weighted by Crippen LogP contribution is 2.27. The Hall–Kier alpha value is -1.66. The molecular formula is C12H16N4OS. The summed E-state index contributed by atoms with van der Waals surface area (Å²) in [5.41, 5.74) is 7.22. The molecule has 0 radical (unpaired) electrons. The first-order valence-corrected chi connectivity index (χ1v) is 6.70. The van der Waals surface area contributed by atoms with Crippen molar-refractivity contribution in [3.8, 4) is 0 Å². The molecule has 2 aromatic rings. The zero-order valence-corrected chi connectivity index (χ0v) is 11.0. The van der Waals surface area contributed by atoms with Gasteiger partial charge in [-0.15, -0.1) is 11.3 Å². The lowest BCUT2D eigenvalue weighted by Crippen LogP contribution is -2.07. The normalized spacial score (nSPS) is 12.0. The fourth-order valence-electron chi connectivity index (χ4n) is 1.59. The van der Waals surface area contributed by atoms with Gasteiger partial charge in [-0.2, -0.15) is 4.98 Å². The van der Waals surface area contributed by atoms with Gasteiger partial charge < -0.3 is 16.2 Å². The number of nitrogens with zero attached hydrogens (tertiary/aromatic N) is 2. The number of allylic oxidation sites excluding steroid dienone is 1. The van der Waals surface area contributed by atoms with Crippen molar-refractivity contribution < 1.29 is 5.11 Å². The van der Waals surface area contributed by atoms with Crippen LogP contribution in [0.5, 0.6) is 0 Å². The molecule has 0 aliphatic heterocycles. The van der Waals surface area contributed by atoms with E-state index in [-0.39, 0.29) is 12.6 Å². The van der Waals surface area contributed by atoms with Gasteiger partial charge in [0, 0.05) is 5.70 Å². The fraction of sp³-hybridized carbons (Fsp3) is 0.333. The second-order valence-electron chi connectivity index (χ2n) is 3.87. The van der Waals surface area contributed by atoms with Crippen molar-refractivity contribution in [2.75, 3.05) is 17.7 Å². The third kappa shape index (κ3) is 2.77. The van der Waals surface area contributed by atoms with Gasteiger partial charge in [0.2, 0.25) is 5.95 Å². The fourth-order valence-corrected chi connectivity index (χ4v) is 2.37. The molecule has 0 aliphatic carbocycles. The average Bonchev–Trinajstić information content (AvgIpc) is 2.82. The molecule has 0 fully saturated rings. The van der Waals surface area contributed by atoms with E-state index in [0.717, 1.165) is 28.8 Å². The number of nitrogens with two attached hydrogens (primary N) is 1. The number of nitrogen functional groups attached to an aromatic ring is 1. The second kappa shape index (κ2) is 5.79. The number of thiophene rings is 1. The summed E-state index contributed by atoms with van der Waals surface area (Å²) in [6.07, 6.45) is 3.92. The van der Waals surface area contributed by atoms with Gasteiger partial charge in [0.05, 0.1) is 16.8 Å². The van der Waals surface area contributed by atoms with Crippen LogP contribution in [0.25, 0.3) is 10.2 Å². The number of aromatic nitrogens is 2. The Morgan fingerprint density at radius 3 is 3.11 bits per heavy atom. The summed E-state index contributed by atoms with van der Waals surface area (Å²) >= 11 is 1.55. The summed E-state index contributed by atoms with van der Waals surface area (Å²) in [5, 5.41) is 14.4. The van der Waals surface area contributed by atoms with Crippen molar-refractivity contribution in [3.63, 3.8) is 0 Å². The maximum absolute atomic E-state index is 9.30. The minimum absolute atomic E-state index is 0.0449. The summed E-state index contributed by atoms with van der Waals surface area (Å²) < 4.78 is 0.944. The predicted molar refractivity (Wildman–Crippen MR) is 75.5 cm³/mol. The zero-order valence-electron chi connectivity index (χ0n) is 10.2. The minimum Gasteiger partial charge on any atom is -0.390 e. The lowest BCUT2D eigenvalue weighted by molar-refractivity contribution is 0.332. The molecule has 2 heterocycles. The molecule has 0 aliphatic rings. The molecule has 0 saturated heterocycles. The molecule has 0 bridgehead atoms. The molecule has 0 unspecified atom stereocenters. The van der Waals surface area contributed by atoms with E-state index < -0.39 is 0 Å². The molecule has 2 aromatic heterocycles. The Morgan fingerprint density at radius 1 is 1.56 bits per heavy atom. The van der Waals surface area contributed by atoms with Crippen molar-refractivity contribution in [2.24, 2.45) is 0 Å². The van der Waals surface area contributed by atoms with Crippen LogP contribution in [0.4, 0.5) is 11.8 Å². The van der Waals surface area contributed by atoms with Crippen LogP contribution in [0, 0.1) is 0 Å². The van der Waals surface area contributed by atoms with Crippen LogP contribution in [0.1, 0.15) is 19.8 Å². The number of unbranched alkanes of at least 4 members (excludes halogenated alkanes) is 1. The van der Waals surface area contributed by atoms with E-state index in [2.05, 4.69) is 22.2 Å². The van der Waals surface area contributed by atoms with Gasteiger partial charge in [0.25, 0.3) is 0 Å². The number of hydrogen-bond donors (Lipinski definition) is 3. The molecule has 4 N–H and O–H groups in total. The summed E-state index contributed by atoms with van der Waals surface area (Å²) in [6, 6.07) is 1.90. The van der Waals surface area contributed by atoms with Gasteiger partial charge in [-0.1, -0.05) is 19.4 Å². The van der Waals surface area contributed by atoms with Crippen LogP contribution >= 0.6 is 11.3 Å². The van der Waals surface area contributed by atoms with Crippen LogP contribution in [0.2, 0.25) is 0 Å². The molecule has 0 atom stereocenters. The Balaban J connectivity index is 2.32. The number of fused-ring (bicyclic) bond motifs is 1. The number of anilines is 2. The molecule has 96 valence electrons. The minimum atomic E-state index is -0.0449. The molecule has 18 heavy (non-hydrogen) atoms. The predicted octanol–water partition coefficient (Wildman–Crippen LogP) is 2.36. The Morgan fingerprint density at radius 2 is 2.39 bits per heavy atom. The van der Waals surface area contributed by atoms with Gasteiger partial charge in [-0.05, 0) is 17.9 Å². The number of aliphatic hydroxyl groups is 1. The summed E-state index contributed by atoms with van der Waals surface area (Å²) in [7, 11) is 0. The van der Waals surface area contributed by atoms with Gasteiger partial charge >= 0.3 is 0 Å². The van der Waals surface area contributed by atoms with E-state index in [1.54, 1.807) is 11.3 Å². The largest absolute Gasteiger partial charge is 0.390 e. The monoisotopic (exact) mass is 264 g/mol. The molecule has 6 heteroatoms. The third-order valence-electron chi connectivity index (χ3n) is 2.45. The lowest BCUT2D eigenvalue weighted by Gasteiger charge is -2.09. The summed E-state index contributed by atoms with van der Waals surface area (Å²) in [4.78, 5) is 8.33. The zero-order chi connectivity index (χ0) is 13.0. The third-order valence-corrected chi connectivity index (χ3v) is 3.36.